The molecular formula is C30H31NO4. The van der Waals surface area contributed by atoms with Gasteiger partial charge in [0.25, 0.3) is 0 Å². The van der Waals surface area contributed by atoms with Crippen molar-refractivity contribution in [2.24, 2.45) is 0 Å². The molecule has 35 heavy (non-hydrogen) atoms. The van der Waals surface area contributed by atoms with Crippen LogP contribution in [-0.4, -0.2) is 19.1 Å². The molecule has 5 heteroatoms. The molecule has 1 heterocycles. The van der Waals surface area contributed by atoms with Crippen molar-refractivity contribution in [1.29, 1.82) is 0 Å². The molecule has 0 atom stereocenters. The van der Waals surface area contributed by atoms with Crippen LogP contribution in [0.4, 0.5) is 5.69 Å². The Hall–Kier alpha value is -3.99. The number of ether oxygens (including phenoxy) is 2. The van der Waals surface area contributed by atoms with Crippen LogP contribution >= 0.6 is 0 Å². The highest BCUT2D eigenvalue weighted by molar-refractivity contribution is 6.05. The summed E-state index contributed by atoms with van der Waals surface area (Å²) >= 11 is 0. The van der Waals surface area contributed by atoms with Crippen molar-refractivity contribution in [1.82, 2.24) is 0 Å². The maximum Gasteiger partial charge on any atom is 0.248 e. The van der Waals surface area contributed by atoms with Gasteiger partial charge in [-0.2, -0.15) is 0 Å². The summed E-state index contributed by atoms with van der Waals surface area (Å²) in [5.74, 6) is 1.33. The first kappa shape index (κ1) is 24.1. The lowest BCUT2D eigenvalue weighted by Crippen LogP contribution is -2.08. The van der Waals surface area contributed by atoms with Gasteiger partial charge in [-0.05, 0) is 74.2 Å². The zero-order valence-corrected chi connectivity index (χ0v) is 20.7. The molecule has 0 saturated heterocycles. The number of benzene rings is 3. The molecule has 4 rings (SSSR count). The number of hydrogen-bond acceptors (Lipinski definition) is 4. The monoisotopic (exact) mass is 469 g/mol. The summed E-state index contributed by atoms with van der Waals surface area (Å²) in [6, 6.07) is 19.8. The second-order valence-electron chi connectivity index (χ2n) is 8.25. The van der Waals surface area contributed by atoms with Crippen molar-refractivity contribution in [3.63, 3.8) is 0 Å². The highest BCUT2D eigenvalue weighted by Crippen LogP contribution is 2.38. The molecule has 1 amide bonds. The molecule has 0 aliphatic rings. The summed E-state index contributed by atoms with van der Waals surface area (Å²) in [7, 11) is 0. The molecule has 0 fully saturated rings. The fourth-order valence-corrected chi connectivity index (χ4v) is 4.04. The van der Waals surface area contributed by atoms with E-state index in [-0.39, 0.29) is 5.91 Å². The number of aryl methyl sites for hydroxylation is 1. The lowest BCUT2D eigenvalue weighted by atomic mass is 9.99. The van der Waals surface area contributed by atoms with Crippen LogP contribution < -0.4 is 14.8 Å². The molecule has 4 aromatic rings. The highest BCUT2D eigenvalue weighted by Gasteiger charge is 2.15. The smallest absolute Gasteiger partial charge is 0.248 e. The van der Waals surface area contributed by atoms with Gasteiger partial charge >= 0.3 is 0 Å². The third-order valence-corrected chi connectivity index (χ3v) is 5.85. The summed E-state index contributed by atoms with van der Waals surface area (Å²) in [6.45, 7) is 9.06. The van der Waals surface area contributed by atoms with E-state index in [0.717, 1.165) is 51.1 Å². The van der Waals surface area contributed by atoms with Crippen molar-refractivity contribution >= 4 is 28.1 Å². The van der Waals surface area contributed by atoms with Crippen LogP contribution in [0.2, 0.25) is 0 Å². The molecule has 0 aliphatic heterocycles. The normalized spacial score (nSPS) is 11.5. The molecule has 3 aromatic carbocycles. The molecule has 180 valence electrons. The van der Waals surface area contributed by atoms with Crippen LogP contribution in [-0.2, 0) is 11.2 Å². The lowest BCUT2D eigenvalue weighted by molar-refractivity contribution is -0.111. The van der Waals surface area contributed by atoms with Gasteiger partial charge in [0.05, 0.1) is 19.5 Å². The minimum atomic E-state index is -0.187. The van der Waals surface area contributed by atoms with E-state index in [9.17, 15) is 4.79 Å². The Labute approximate surface area is 206 Å². The second-order valence-corrected chi connectivity index (χ2v) is 8.25. The largest absolute Gasteiger partial charge is 0.494 e. The van der Waals surface area contributed by atoms with Gasteiger partial charge in [-0.3, -0.25) is 4.79 Å². The number of anilines is 1. The number of rotatable bonds is 9. The second kappa shape index (κ2) is 11.0. The molecule has 1 aromatic heterocycles. The number of carbonyl (C=O) groups is 1. The van der Waals surface area contributed by atoms with Gasteiger partial charge in [-0.25, -0.2) is 0 Å². The number of fused-ring (bicyclic) bond motifs is 1. The van der Waals surface area contributed by atoms with E-state index in [1.807, 2.05) is 81.4 Å². The summed E-state index contributed by atoms with van der Waals surface area (Å²) in [5, 5.41) is 3.90. The molecule has 0 spiro atoms. The van der Waals surface area contributed by atoms with Crippen molar-refractivity contribution in [3.8, 4) is 22.6 Å². The van der Waals surface area contributed by atoms with Gasteiger partial charge in [-0.15, -0.1) is 0 Å². The molecular weight excluding hydrogens is 438 g/mol. The average Bonchev–Trinajstić information content (AvgIpc) is 3.27. The fraction of sp³-hybridized carbons (Fsp3) is 0.233. The number of amides is 1. The van der Waals surface area contributed by atoms with Gasteiger partial charge in [0.1, 0.15) is 17.1 Å². The lowest BCUT2D eigenvalue weighted by Gasteiger charge is -2.12. The quantitative estimate of drug-likeness (QED) is 0.258. The van der Waals surface area contributed by atoms with Crippen molar-refractivity contribution < 1.29 is 18.7 Å². The SMILES string of the molecule is CCOc1ccc(-c2coc3cc(OCC)c(/C(C)=C/C(=O)Nc4ccc(CC)cc4)cc23)cc1. The van der Waals surface area contributed by atoms with Crippen molar-refractivity contribution in [2.45, 2.75) is 34.1 Å². The topological polar surface area (TPSA) is 60.7 Å². The van der Waals surface area contributed by atoms with Crippen LogP contribution in [0.25, 0.3) is 27.7 Å². The van der Waals surface area contributed by atoms with Gasteiger partial charge in [-0.1, -0.05) is 31.2 Å². The summed E-state index contributed by atoms with van der Waals surface area (Å²) in [5.41, 5.74) is 6.38. The van der Waals surface area contributed by atoms with Crippen LogP contribution in [0.5, 0.6) is 11.5 Å². The van der Waals surface area contributed by atoms with E-state index in [1.165, 1.54) is 5.56 Å². The number of furan rings is 1. The molecule has 1 N–H and O–H groups in total. The van der Waals surface area contributed by atoms with Gasteiger partial charge in [0.15, 0.2) is 0 Å². The zero-order valence-electron chi connectivity index (χ0n) is 20.7. The van der Waals surface area contributed by atoms with Crippen LogP contribution in [0.3, 0.4) is 0 Å². The minimum absolute atomic E-state index is 0.187. The fourth-order valence-electron chi connectivity index (χ4n) is 4.04. The van der Waals surface area contributed by atoms with E-state index >= 15 is 0 Å². The number of carbonyl (C=O) groups excluding carboxylic acids is 1. The van der Waals surface area contributed by atoms with E-state index in [1.54, 1.807) is 12.3 Å². The Bertz CT molecular complexity index is 1330. The third kappa shape index (κ3) is 5.57. The third-order valence-electron chi connectivity index (χ3n) is 5.85. The maximum absolute atomic E-state index is 12.7. The van der Waals surface area contributed by atoms with E-state index in [0.29, 0.717) is 19.0 Å². The van der Waals surface area contributed by atoms with Gasteiger partial charge in [0.2, 0.25) is 5.91 Å². The van der Waals surface area contributed by atoms with E-state index in [2.05, 4.69) is 12.2 Å². The predicted molar refractivity (Wildman–Crippen MR) is 142 cm³/mol. The Morgan fingerprint density at radius 2 is 1.66 bits per heavy atom. The van der Waals surface area contributed by atoms with Crippen molar-refractivity contribution in [3.05, 3.63) is 84.1 Å². The summed E-state index contributed by atoms with van der Waals surface area (Å²) in [6.07, 6.45) is 4.32. The van der Waals surface area contributed by atoms with Crippen LogP contribution in [0.1, 0.15) is 38.8 Å². The Morgan fingerprint density at radius 3 is 2.31 bits per heavy atom. The number of allylic oxidation sites excluding steroid dienone is 1. The Balaban J connectivity index is 1.66. The number of hydrogen-bond donors (Lipinski definition) is 1. The first-order valence-electron chi connectivity index (χ1n) is 12.0. The zero-order chi connectivity index (χ0) is 24.8. The Morgan fingerprint density at radius 1 is 0.943 bits per heavy atom. The maximum atomic E-state index is 12.7. The molecule has 0 bridgehead atoms. The molecule has 5 nitrogen and oxygen atoms in total. The predicted octanol–water partition coefficient (Wildman–Crippen LogP) is 7.50. The van der Waals surface area contributed by atoms with Gasteiger partial charge in [0, 0.05) is 34.3 Å². The molecule has 0 saturated carbocycles. The standard InChI is InChI=1S/C30H31NO4/c1-5-21-8-12-23(13-9-21)31-30(32)16-20(4)25-17-26-27(19-35-29(26)18-28(25)34-7-3)22-10-14-24(15-11-22)33-6-2/h8-19H,5-7H2,1-4H3,(H,31,32)/b20-16+. The molecule has 0 radical (unpaired) electrons. The van der Waals surface area contributed by atoms with E-state index < -0.39 is 0 Å². The van der Waals surface area contributed by atoms with Gasteiger partial charge < -0.3 is 19.2 Å². The highest BCUT2D eigenvalue weighted by atomic mass is 16.5. The first-order valence-corrected chi connectivity index (χ1v) is 12.0. The average molecular weight is 470 g/mol. The minimum Gasteiger partial charge on any atom is -0.494 e. The Kier molecular flexibility index (Phi) is 7.56. The summed E-state index contributed by atoms with van der Waals surface area (Å²) in [4.78, 5) is 12.7. The van der Waals surface area contributed by atoms with Crippen LogP contribution in [0, 0.1) is 0 Å². The molecule has 0 unspecified atom stereocenters. The number of nitrogens with one attached hydrogen (secondary N) is 1. The molecule has 0 aliphatic carbocycles. The van der Waals surface area contributed by atoms with E-state index in [4.69, 9.17) is 13.9 Å². The summed E-state index contributed by atoms with van der Waals surface area (Å²) < 4.78 is 17.3. The van der Waals surface area contributed by atoms with Crippen molar-refractivity contribution in [2.75, 3.05) is 18.5 Å². The van der Waals surface area contributed by atoms with Crippen LogP contribution in [0.15, 0.2) is 77.4 Å². The first-order chi connectivity index (χ1) is 17.0.